The summed E-state index contributed by atoms with van der Waals surface area (Å²) in [6.45, 7) is 3.15. The van der Waals surface area contributed by atoms with E-state index in [9.17, 15) is 4.39 Å². The maximum absolute atomic E-state index is 12.5. The van der Waals surface area contributed by atoms with Gasteiger partial charge in [-0.05, 0) is 11.6 Å². The minimum Gasteiger partial charge on any atom is -0.297 e. The van der Waals surface area contributed by atoms with Gasteiger partial charge >= 0.3 is 0 Å². The maximum Gasteiger partial charge on any atom is 0.212 e. The first-order chi connectivity index (χ1) is 6.84. The monoisotopic (exact) mass is 212 g/mol. The molecule has 1 aromatic heterocycles. The summed E-state index contributed by atoms with van der Waals surface area (Å²) in [6.07, 6.45) is 1.62. The molecule has 0 saturated carbocycles. The van der Waals surface area contributed by atoms with Gasteiger partial charge in [-0.2, -0.15) is 16.2 Å². The smallest absolute Gasteiger partial charge is 0.212 e. The van der Waals surface area contributed by atoms with Gasteiger partial charge in [-0.3, -0.25) is 4.90 Å². The van der Waals surface area contributed by atoms with Gasteiger partial charge in [0.15, 0.2) is 0 Å². The van der Waals surface area contributed by atoms with Crippen molar-refractivity contribution in [3.63, 3.8) is 0 Å². The number of thioether (sulfide) groups is 1. The molecule has 76 valence electrons. The Bertz CT molecular complexity index is 283. The van der Waals surface area contributed by atoms with Gasteiger partial charge in [0, 0.05) is 37.3 Å². The highest BCUT2D eigenvalue weighted by Crippen LogP contribution is 2.12. The lowest BCUT2D eigenvalue weighted by Crippen LogP contribution is -2.31. The van der Waals surface area contributed by atoms with Crippen LogP contribution < -0.4 is 0 Å². The van der Waals surface area contributed by atoms with E-state index in [1.54, 1.807) is 6.20 Å². The van der Waals surface area contributed by atoms with Gasteiger partial charge in [0.05, 0.1) is 0 Å². The van der Waals surface area contributed by atoms with E-state index in [1.165, 1.54) is 17.6 Å². The molecule has 2 rings (SSSR count). The van der Waals surface area contributed by atoms with Crippen LogP contribution in [-0.4, -0.2) is 34.5 Å². The van der Waals surface area contributed by atoms with E-state index in [0.717, 1.165) is 25.2 Å². The number of aromatic nitrogens is 1. The van der Waals surface area contributed by atoms with Crippen molar-refractivity contribution in [2.75, 3.05) is 24.6 Å². The molecule has 1 aliphatic rings. The Morgan fingerprint density at radius 2 is 2.14 bits per heavy atom. The third-order valence-electron chi connectivity index (χ3n) is 2.30. The molecule has 1 saturated heterocycles. The van der Waals surface area contributed by atoms with Crippen molar-refractivity contribution in [2.45, 2.75) is 6.54 Å². The molecule has 1 aliphatic heterocycles. The quantitative estimate of drug-likeness (QED) is 0.695. The molecule has 1 aromatic rings. The molecule has 0 aromatic carbocycles. The van der Waals surface area contributed by atoms with Gasteiger partial charge in [0.25, 0.3) is 0 Å². The number of pyridine rings is 1. The van der Waals surface area contributed by atoms with Crippen molar-refractivity contribution >= 4 is 11.8 Å². The van der Waals surface area contributed by atoms with Crippen LogP contribution in [0.2, 0.25) is 0 Å². The number of halogens is 1. The van der Waals surface area contributed by atoms with Crippen molar-refractivity contribution < 1.29 is 4.39 Å². The molecule has 1 fully saturated rings. The fraction of sp³-hybridized carbons (Fsp3) is 0.500. The van der Waals surface area contributed by atoms with Gasteiger partial charge in [0.2, 0.25) is 5.95 Å². The third-order valence-corrected chi connectivity index (χ3v) is 3.24. The molecular weight excluding hydrogens is 199 g/mol. The largest absolute Gasteiger partial charge is 0.297 e. The molecule has 0 radical (unpaired) electrons. The van der Waals surface area contributed by atoms with Gasteiger partial charge in [-0.15, -0.1) is 0 Å². The second kappa shape index (κ2) is 4.75. The molecule has 0 aliphatic carbocycles. The van der Waals surface area contributed by atoms with Crippen molar-refractivity contribution in [3.05, 3.63) is 29.8 Å². The molecule has 2 nitrogen and oxygen atoms in total. The molecule has 2 heterocycles. The van der Waals surface area contributed by atoms with E-state index < -0.39 is 5.95 Å². The standard InChI is InChI=1S/C10H13FN2S/c11-10-2-1-9(7-12-10)8-13-3-5-14-6-4-13/h1-2,7H,3-6,8H2. The topological polar surface area (TPSA) is 16.1 Å². The van der Waals surface area contributed by atoms with Crippen molar-refractivity contribution in [1.29, 1.82) is 0 Å². The lowest BCUT2D eigenvalue weighted by Gasteiger charge is -2.25. The van der Waals surface area contributed by atoms with E-state index in [0.29, 0.717) is 0 Å². The zero-order valence-electron chi connectivity index (χ0n) is 7.95. The Kier molecular flexibility index (Phi) is 3.37. The SMILES string of the molecule is Fc1ccc(CN2CCSCC2)cn1. The van der Waals surface area contributed by atoms with E-state index in [-0.39, 0.29) is 0 Å². The highest BCUT2D eigenvalue weighted by atomic mass is 32.2. The van der Waals surface area contributed by atoms with Crippen LogP contribution in [0.25, 0.3) is 0 Å². The number of hydrogen-bond acceptors (Lipinski definition) is 3. The molecule has 4 heteroatoms. The van der Waals surface area contributed by atoms with Crippen LogP contribution in [0.5, 0.6) is 0 Å². The molecule has 0 bridgehead atoms. The average molecular weight is 212 g/mol. The van der Waals surface area contributed by atoms with E-state index >= 15 is 0 Å². The van der Waals surface area contributed by atoms with Gasteiger partial charge in [-0.1, -0.05) is 6.07 Å². The van der Waals surface area contributed by atoms with Crippen LogP contribution in [0.1, 0.15) is 5.56 Å². The summed E-state index contributed by atoms with van der Waals surface area (Å²) in [5, 5.41) is 0. The highest BCUT2D eigenvalue weighted by Gasteiger charge is 2.10. The number of rotatable bonds is 2. The van der Waals surface area contributed by atoms with E-state index in [1.807, 2.05) is 17.8 Å². The Hall–Kier alpha value is -0.610. The summed E-state index contributed by atoms with van der Waals surface area (Å²) in [4.78, 5) is 6.03. The predicted molar refractivity (Wildman–Crippen MR) is 56.8 cm³/mol. The van der Waals surface area contributed by atoms with E-state index in [4.69, 9.17) is 0 Å². The molecule has 0 unspecified atom stereocenters. The summed E-state index contributed by atoms with van der Waals surface area (Å²) in [7, 11) is 0. The molecule has 0 amide bonds. The van der Waals surface area contributed by atoms with Crippen LogP contribution in [-0.2, 0) is 6.54 Å². The second-order valence-electron chi connectivity index (χ2n) is 3.38. The third kappa shape index (κ3) is 2.69. The van der Waals surface area contributed by atoms with Gasteiger partial charge < -0.3 is 0 Å². The summed E-state index contributed by atoms with van der Waals surface area (Å²) < 4.78 is 12.5. The van der Waals surface area contributed by atoms with E-state index in [2.05, 4.69) is 9.88 Å². The minimum absolute atomic E-state index is 0.400. The minimum atomic E-state index is -0.400. The van der Waals surface area contributed by atoms with Crippen molar-refractivity contribution in [3.8, 4) is 0 Å². The van der Waals surface area contributed by atoms with Crippen LogP contribution in [0.15, 0.2) is 18.3 Å². The molecule has 0 atom stereocenters. The average Bonchev–Trinajstić information content (AvgIpc) is 2.23. The Morgan fingerprint density at radius 3 is 2.79 bits per heavy atom. The normalized spacial score (nSPS) is 18.4. The number of hydrogen-bond donors (Lipinski definition) is 0. The summed E-state index contributed by atoms with van der Waals surface area (Å²) in [5.41, 5.74) is 1.10. The lowest BCUT2D eigenvalue weighted by molar-refractivity contribution is 0.294. The summed E-state index contributed by atoms with van der Waals surface area (Å²) in [6, 6.07) is 3.23. The zero-order chi connectivity index (χ0) is 9.80. The van der Waals surface area contributed by atoms with Crippen LogP contribution in [0.3, 0.4) is 0 Å². The van der Waals surface area contributed by atoms with Gasteiger partial charge in [0.1, 0.15) is 0 Å². The molecule has 0 spiro atoms. The predicted octanol–water partition coefficient (Wildman–Crippen LogP) is 1.77. The summed E-state index contributed by atoms with van der Waals surface area (Å²) in [5.74, 6) is 2.01. The van der Waals surface area contributed by atoms with Crippen molar-refractivity contribution in [1.82, 2.24) is 9.88 Å². The zero-order valence-corrected chi connectivity index (χ0v) is 8.76. The first kappa shape index (κ1) is 9.93. The highest BCUT2D eigenvalue weighted by molar-refractivity contribution is 7.99. The fourth-order valence-electron chi connectivity index (χ4n) is 1.52. The molecule has 14 heavy (non-hydrogen) atoms. The van der Waals surface area contributed by atoms with Crippen LogP contribution in [0.4, 0.5) is 4.39 Å². The maximum atomic E-state index is 12.5. The number of nitrogens with zero attached hydrogens (tertiary/aromatic N) is 2. The first-order valence-electron chi connectivity index (χ1n) is 4.75. The first-order valence-corrected chi connectivity index (χ1v) is 5.90. The fourth-order valence-corrected chi connectivity index (χ4v) is 2.50. The second-order valence-corrected chi connectivity index (χ2v) is 4.60. The Labute approximate surface area is 87.5 Å². The Balaban J connectivity index is 1.92. The molecular formula is C10H13FN2S. The van der Waals surface area contributed by atoms with Gasteiger partial charge in [-0.25, -0.2) is 4.98 Å². The Morgan fingerprint density at radius 1 is 1.36 bits per heavy atom. The van der Waals surface area contributed by atoms with Crippen molar-refractivity contribution in [2.24, 2.45) is 0 Å². The summed E-state index contributed by atoms with van der Waals surface area (Å²) >= 11 is 1.99. The lowest BCUT2D eigenvalue weighted by atomic mass is 10.2. The van der Waals surface area contributed by atoms with Crippen LogP contribution in [0, 0.1) is 5.95 Å². The molecule has 0 N–H and O–H groups in total. The van der Waals surface area contributed by atoms with Crippen LogP contribution >= 0.6 is 11.8 Å².